The highest BCUT2D eigenvalue weighted by molar-refractivity contribution is 6.30. The first-order chi connectivity index (χ1) is 8.88. The van der Waals surface area contributed by atoms with Crippen molar-refractivity contribution in [3.63, 3.8) is 0 Å². The van der Waals surface area contributed by atoms with Crippen LogP contribution in [0.3, 0.4) is 0 Å². The number of amides is 2. The first kappa shape index (κ1) is 15.5. The summed E-state index contributed by atoms with van der Waals surface area (Å²) in [6, 6.07) is 6.44. The van der Waals surface area contributed by atoms with Crippen LogP contribution in [-0.4, -0.2) is 17.9 Å². The highest BCUT2D eigenvalue weighted by atomic mass is 35.5. The Balaban J connectivity index is 2.68. The Labute approximate surface area is 118 Å². The summed E-state index contributed by atoms with van der Waals surface area (Å²) < 4.78 is 0. The fourth-order valence-electron chi connectivity index (χ4n) is 1.75. The van der Waals surface area contributed by atoms with Gasteiger partial charge in [0.05, 0.1) is 0 Å². The SMILES string of the molecule is CC(C)CC(=O)N[C@@H](Cc1cccc(Cl)c1)C(N)=O. The van der Waals surface area contributed by atoms with Crippen LogP contribution in [0.25, 0.3) is 0 Å². The van der Waals surface area contributed by atoms with Gasteiger partial charge in [-0.15, -0.1) is 0 Å². The first-order valence-corrected chi connectivity index (χ1v) is 6.59. The van der Waals surface area contributed by atoms with E-state index in [0.717, 1.165) is 5.56 Å². The van der Waals surface area contributed by atoms with Crippen molar-refractivity contribution in [3.05, 3.63) is 34.9 Å². The van der Waals surface area contributed by atoms with E-state index >= 15 is 0 Å². The van der Waals surface area contributed by atoms with E-state index in [2.05, 4.69) is 5.32 Å². The number of carbonyl (C=O) groups excluding carboxylic acids is 2. The van der Waals surface area contributed by atoms with Crippen LogP contribution in [-0.2, 0) is 16.0 Å². The Morgan fingerprint density at radius 1 is 1.37 bits per heavy atom. The molecule has 0 radical (unpaired) electrons. The normalized spacial score (nSPS) is 12.2. The topological polar surface area (TPSA) is 72.2 Å². The third kappa shape index (κ3) is 5.75. The zero-order valence-corrected chi connectivity index (χ0v) is 11.9. The van der Waals surface area contributed by atoms with Gasteiger partial charge in [-0.25, -0.2) is 0 Å². The molecule has 4 nitrogen and oxygen atoms in total. The number of halogens is 1. The first-order valence-electron chi connectivity index (χ1n) is 6.21. The Hall–Kier alpha value is -1.55. The molecule has 0 aliphatic rings. The Bertz CT molecular complexity index is 461. The highest BCUT2D eigenvalue weighted by Crippen LogP contribution is 2.12. The van der Waals surface area contributed by atoms with Gasteiger partial charge in [-0.1, -0.05) is 37.6 Å². The lowest BCUT2D eigenvalue weighted by atomic mass is 10.0. The van der Waals surface area contributed by atoms with E-state index in [1.807, 2.05) is 19.9 Å². The number of nitrogens with two attached hydrogens (primary N) is 1. The zero-order chi connectivity index (χ0) is 14.4. The standard InChI is InChI=1S/C14H19ClN2O2/c1-9(2)6-13(18)17-12(14(16)19)8-10-4-3-5-11(15)7-10/h3-5,7,9,12H,6,8H2,1-2H3,(H2,16,19)(H,17,18)/t12-/m0/s1. The van der Waals surface area contributed by atoms with E-state index in [-0.39, 0.29) is 11.8 Å². The van der Waals surface area contributed by atoms with Gasteiger partial charge in [0.25, 0.3) is 0 Å². The predicted octanol–water partition coefficient (Wildman–Crippen LogP) is 1.90. The molecule has 2 amide bonds. The van der Waals surface area contributed by atoms with Gasteiger partial charge in [0, 0.05) is 17.9 Å². The summed E-state index contributed by atoms with van der Waals surface area (Å²) in [6.45, 7) is 3.88. The molecule has 0 aliphatic carbocycles. The van der Waals surface area contributed by atoms with Crippen molar-refractivity contribution in [1.82, 2.24) is 5.32 Å². The van der Waals surface area contributed by atoms with Gasteiger partial charge in [-0.3, -0.25) is 9.59 Å². The van der Waals surface area contributed by atoms with E-state index in [1.165, 1.54) is 0 Å². The molecule has 3 N–H and O–H groups in total. The van der Waals surface area contributed by atoms with E-state index in [1.54, 1.807) is 18.2 Å². The van der Waals surface area contributed by atoms with Gasteiger partial charge in [-0.05, 0) is 23.6 Å². The smallest absolute Gasteiger partial charge is 0.240 e. The molecule has 1 rings (SSSR count). The number of carbonyl (C=O) groups is 2. The van der Waals surface area contributed by atoms with Gasteiger partial charge in [0.15, 0.2) is 0 Å². The van der Waals surface area contributed by atoms with Crippen LogP contribution in [0.5, 0.6) is 0 Å². The Morgan fingerprint density at radius 2 is 2.05 bits per heavy atom. The maximum atomic E-state index is 11.7. The quantitative estimate of drug-likeness (QED) is 0.836. The summed E-state index contributed by atoms with van der Waals surface area (Å²) in [5, 5.41) is 3.25. The Kier molecular flexibility index (Phi) is 5.83. The van der Waals surface area contributed by atoms with Crippen LogP contribution in [0, 0.1) is 5.92 Å². The molecule has 0 fully saturated rings. The number of primary amides is 1. The Morgan fingerprint density at radius 3 is 2.58 bits per heavy atom. The highest BCUT2D eigenvalue weighted by Gasteiger charge is 2.19. The van der Waals surface area contributed by atoms with E-state index < -0.39 is 11.9 Å². The number of hydrogen-bond donors (Lipinski definition) is 2. The monoisotopic (exact) mass is 282 g/mol. The number of nitrogens with one attached hydrogen (secondary N) is 1. The maximum absolute atomic E-state index is 11.7. The molecule has 0 unspecified atom stereocenters. The molecule has 0 bridgehead atoms. The molecule has 104 valence electrons. The molecule has 0 aromatic heterocycles. The molecule has 0 saturated carbocycles. The second kappa shape index (κ2) is 7.14. The molecule has 0 spiro atoms. The van der Waals surface area contributed by atoms with Crippen molar-refractivity contribution in [3.8, 4) is 0 Å². The van der Waals surface area contributed by atoms with Crippen LogP contribution >= 0.6 is 11.6 Å². The molecule has 0 heterocycles. The average molecular weight is 283 g/mol. The molecule has 5 heteroatoms. The lowest BCUT2D eigenvalue weighted by molar-refractivity contribution is -0.127. The lowest BCUT2D eigenvalue weighted by Crippen LogP contribution is -2.46. The second-order valence-electron chi connectivity index (χ2n) is 4.95. The minimum absolute atomic E-state index is 0.166. The number of benzene rings is 1. The molecular weight excluding hydrogens is 264 g/mol. The van der Waals surface area contributed by atoms with E-state index in [4.69, 9.17) is 17.3 Å². The van der Waals surface area contributed by atoms with Crippen molar-refractivity contribution in [1.29, 1.82) is 0 Å². The lowest BCUT2D eigenvalue weighted by Gasteiger charge is -2.16. The summed E-state index contributed by atoms with van der Waals surface area (Å²) >= 11 is 5.88. The van der Waals surface area contributed by atoms with Crippen LogP contribution in [0.4, 0.5) is 0 Å². The van der Waals surface area contributed by atoms with Crippen molar-refractivity contribution in [2.75, 3.05) is 0 Å². The predicted molar refractivity (Wildman–Crippen MR) is 75.7 cm³/mol. The largest absolute Gasteiger partial charge is 0.368 e. The third-order valence-corrected chi connectivity index (χ3v) is 2.84. The van der Waals surface area contributed by atoms with Gasteiger partial charge in [0.1, 0.15) is 6.04 Å². The summed E-state index contributed by atoms with van der Waals surface area (Å²) in [5.41, 5.74) is 6.18. The summed E-state index contributed by atoms with van der Waals surface area (Å²) in [5.74, 6) is -0.474. The van der Waals surface area contributed by atoms with Gasteiger partial charge < -0.3 is 11.1 Å². The molecule has 0 saturated heterocycles. The van der Waals surface area contributed by atoms with Crippen LogP contribution < -0.4 is 11.1 Å². The average Bonchev–Trinajstić information content (AvgIpc) is 2.26. The molecule has 1 aromatic rings. The number of hydrogen-bond acceptors (Lipinski definition) is 2. The minimum atomic E-state index is -0.704. The third-order valence-electron chi connectivity index (χ3n) is 2.60. The van der Waals surface area contributed by atoms with Crippen LogP contribution in [0.15, 0.2) is 24.3 Å². The zero-order valence-electron chi connectivity index (χ0n) is 11.2. The minimum Gasteiger partial charge on any atom is -0.368 e. The molecule has 0 aliphatic heterocycles. The second-order valence-corrected chi connectivity index (χ2v) is 5.39. The molecule has 1 aromatic carbocycles. The fraction of sp³-hybridized carbons (Fsp3) is 0.429. The van der Waals surface area contributed by atoms with Crippen molar-refractivity contribution >= 4 is 23.4 Å². The van der Waals surface area contributed by atoms with Crippen molar-refractivity contribution in [2.24, 2.45) is 11.7 Å². The summed E-state index contributed by atoms with van der Waals surface area (Å²) in [4.78, 5) is 23.1. The van der Waals surface area contributed by atoms with E-state index in [0.29, 0.717) is 17.9 Å². The number of rotatable bonds is 6. The molecular formula is C14H19ClN2O2. The summed E-state index contributed by atoms with van der Waals surface area (Å²) in [7, 11) is 0. The molecule has 19 heavy (non-hydrogen) atoms. The van der Waals surface area contributed by atoms with Crippen LogP contribution in [0.1, 0.15) is 25.8 Å². The van der Waals surface area contributed by atoms with E-state index in [9.17, 15) is 9.59 Å². The van der Waals surface area contributed by atoms with Crippen molar-refractivity contribution in [2.45, 2.75) is 32.7 Å². The molecule has 1 atom stereocenters. The van der Waals surface area contributed by atoms with Crippen LogP contribution in [0.2, 0.25) is 5.02 Å². The van der Waals surface area contributed by atoms with Gasteiger partial charge >= 0.3 is 0 Å². The maximum Gasteiger partial charge on any atom is 0.240 e. The van der Waals surface area contributed by atoms with Crippen molar-refractivity contribution < 1.29 is 9.59 Å². The fourth-order valence-corrected chi connectivity index (χ4v) is 1.96. The van der Waals surface area contributed by atoms with Gasteiger partial charge in [-0.2, -0.15) is 0 Å². The van der Waals surface area contributed by atoms with Gasteiger partial charge in [0.2, 0.25) is 11.8 Å². The summed E-state index contributed by atoms with van der Waals surface area (Å²) in [6.07, 6.45) is 0.721.